The van der Waals surface area contributed by atoms with Crippen molar-refractivity contribution in [3.63, 3.8) is 0 Å². The van der Waals surface area contributed by atoms with Crippen molar-refractivity contribution in [2.75, 3.05) is 31.8 Å². The smallest absolute Gasteiger partial charge is 0.344 e. The van der Waals surface area contributed by atoms with Crippen molar-refractivity contribution < 1.29 is 31.8 Å². The Morgan fingerprint density at radius 2 is 1.75 bits per heavy atom. The van der Waals surface area contributed by atoms with Gasteiger partial charge in [0.15, 0.2) is 23.3 Å². The van der Waals surface area contributed by atoms with Gasteiger partial charge in [-0.15, -0.1) is 0 Å². The number of esters is 1. The topological polar surface area (TPSA) is 84.3 Å². The van der Waals surface area contributed by atoms with Crippen molar-refractivity contribution >= 4 is 23.4 Å². The minimum absolute atomic E-state index is 0.0366. The third kappa shape index (κ3) is 5.02. The second-order valence-corrected chi connectivity index (χ2v) is 5.25. The second kappa shape index (κ2) is 10.0. The maximum absolute atomic E-state index is 13.7. The molecule has 0 amide bonds. The number of hydrogen-bond donors (Lipinski definition) is 0. The minimum atomic E-state index is -2.00. The first kappa shape index (κ1) is 20.1. The van der Waals surface area contributed by atoms with Gasteiger partial charge in [-0.3, -0.25) is 0 Å². The second-order valence-electron chi connectivity index (χ2n) is 4.26. The van der Waals surface area contributed by atoms with E-state index in [0.29, 0.717) is 6.61 Å². The number of rotatable bonds is 9. The van der Waals surface area contributed by atoms with E-state index < -0.39 is 40.5 Å². The lowest BCUT2D eigenvalue weighted by Crippen LogP contribution is -2.16. The van der Waals surface area contributed by atoms with Gasteiger partial charge < -0.3 is 9.47 Å². The fourth-order valence-corrected chi connectivity index (χ4v) is 2.01. The molecule has 0 heterocycles. The Kier molecular flexibility index (Phi) is 8.37. The highest BCUT2D eigenvalue weighted by Gasteiger charge is 2.29. The molecule has 1 aromatic carbocycles. The van der Waals surface area contributed by atoms with Gasteiger partial charge in [-0.05, 0) is 24.0 Å². The predicted molar refractivity (Wildman–Crippen MR) is 79.2 cm³/mol. The zero-order valence-electron chi connectivity index (χ0n) is 12.5. The molecule has 1 aromatic rings. The number of ether oxygens (including phenoxy) is 2. The van der Waals surface area contributed by atoms with E-state index >= 15 is 0 Å². The first-order valence-electron chi connectivity index (χ1n) is 6.60. The third-order valence-electron chi connectivity index (χ3n) is 2.69. The number of thioether (sulfide) groups is 1. The van der Waals surface area contributed by atoms with E-state index in [1.165, 1.54) is 0 Å². The zero-order chi connectivity index (χ0) is 18.1. The quantitative estimate of drug-likeness (QED) is 0.125. The number of halogens is 4. The molecule has 0 aliphatic heterocycles. The van der Waals surface area contributed by atoms with Gasteiger partial charge in [-0.1, -0.05) is 5.11 Å². The molecule has 0 atom stereocenters. The van der Waals surface area contributed by atoms with Crippen LogP contribution in [0.5, 0.6) is 0 Å². The molecule has 0 aliphatic carbocycles. The number of nitrogens with zero attached hydrogens (tertiary/aromatic N) is 3. The van der Waals surface area contributed by atoms with Gasteiger partial charge in [-0.25, -0.2) is 22.4 Å². The zero-order valence-corrected chi connectivity index (χ0v) is 13.3. The lowest BCUT2D eigenvalue weighted by Gasteiger charge is -2.10. The van der Waals surface area contributed by atoms with Crippen LogP contribution in [0.15, 0.2) is 5.11 Å². The van der Waals surface area contributed by atoms with Crippen LogP contribution >= 0.6 is 11.8 Å². The molecule has 0 saturated carbocycles. The maximum Gasteiger partial charge on any atom is 0.344 e. The molecule has 0 aliphatic rings. The fourth-order valence-electron chi connectivity index (χ4n) is 1.60. The summed E-state index contributed by atoms with van der Waals surface area (Å²) in [6, 6.07) is 0. The highest BCUT2D eigenvalue weighted by molar-refractivity contribution is 7.98. The van der Waals surface area contributed by atoms with Crippen LogP contribution in [0.1, 0.15) is 16.8 Å². The van der Waals surface area contributed by atoms with Crippen molar-refractivity contribution in [1.82, 2.24) is 0 Å². The van der Waals surface area contributed by atoms with Crippen molar-refractivity contribution in [2.24, 2.45) is 5.11 Å². The summed E-state index contributed by atoms with van der Waals surface area (Å²) in [7, 11) is 0. The third-order valence-corrected chi connectivity index (χ3v) is 3.38. The van der Waals surface area contributed by atoms with E-state index in [2.05, 4.69) is 14.8 Å². The SMILES string of the molecule is CSCCCOCCOC(=O)c1c(F)c(F)c(N=[N+]=[N-])c(F)c1F. The largest absolute Gasteiger partial charge is 0.459 e. The van der Waals surface area contributed by atoms with E-state index in [-0.39, 0.29) is 13.2 Å². The molecule has 0 aromatic heterocycles. The number of carbonyl (C=O) groups excluding carboxylic acids is 1. The summed E-state index contributed by atoms with van der Waals surface area (Å²) >= 11 is 1.63. The molecular weight excluding hydrogens is 354 g/mol. The highest BCUT2D eigenvalue weighted by atomic mass is 32.2. The summed E-state index contributed by atoms with van der Waals surface area (Å²) in [4.78, 5) is 13.7. The molecule has 24 heavy (non-hydrogen) atoms. The number of azide groups is 1. The van der Waals surface area contributed by atoms with Crippen LogP contribution in [0.3, 0.4) is 0 Å². The molecule has 132 valence electrons. The van der Waals surface area contributed by atoms with Gasteiger partial charge in [0.05, 0.1) is 6.61 Å². The predicted octanol–water partition coefficient (Wildman–Crippen LogP) is 4.11. The molecule has 0 radical (unpaired) electrons. The highest BCUT2D eigenvalue weighted by Crippen LogP contribution is 2.30. The Balaban J connectivity index is 2.76. The summed E-state index contributed by atoms with van der Waals surface area (Å²) in [5, 5.41) is 2.52. The van der Waals surface area contributed by atoms with Crippen LogP contribution in [0.2, 0.25) is 0 Å². The standard InChI is InChI=1S/C13H13F4N3O3S/c1-24-6-2-3-22-4-5-23-13(21)7-8(14)10(16)12(19-20-18)11(17)9(7)15/h2-6H2,1H3. The molecule has 0 spiro atoms. The Morgan fingerprint density at radius 3 is 2.29 bits per heavy atom. The Labute approximate surface area is 138 Å². The normalized spacial score (nSPS) is 10.4. The Hall–Kier alpha value is -1.97. The van der Waals surface area contributed by atoms with E-state index in [4.69, 9.17) is 10.3 Å². The first-order valence-corrected chi connectivity index (χ1v) is 7.99. The molecule has 0 saturated heterocycles. The molecule has 0 unspecified atom stereocenters. The molecule has 0 N–H and O–H groups in total. The summed E-state index contributed by atoms with van der Waals surface area (Å²) < 4.78 is 64.1. The number of hydrogen-bond acceptors (Lipinski definition) is 5. The van der Waals surface area contributed by atoms with Crippen LogP contribution in [0, 0.1) is 23.3 Å². The lowest BCUT2D eigenvalue weighted by molar-refractivity contribution is 0.0308. The van der Waals surface area contributed by atoms with Gasteiger partial charge in [-0.2, -0.15) is 11.8 Å². The van der Waals surface area contributed by atoms with E-state index in [0.717, 1.165) is 12.2 Å². The monoisotopic (exact) mass is 367 g/mol. The summed E-state index contributed by atoms with van der Waals surface area (Å²) in [6.45, 7) is 0.0225. The van der Waals surface area contributed by atoms with E-state index in [9.17, 15) is 22.4 Å². The summed E-state index contributed by atoms with van der Waals surface area (Å²) in [6.07, 6.45) is 2.70. The fraction of sp³-hybridized carbons (Fsp3) is 0.462. The average molecular weight is 367 g/mol. The molecular formula is C13H13F4N3O3S. The van der Waals surface area contributed by atoms with Crippen LogP contribution in [0.25, 0.3) is 10.4 Å². The van der Waals surface area contributed by atoms with Gasteiger partial charge in [0, 0.05) is 11.5 Å². The molecule has 11 heteroatoms. The van der Waals surface area contributed by atoms with Gasteiger partial charge in [0.2, 0.25) is 0 Å². The molecule has 6 nitrogen and oxygen atoms in total. The Morgan fingerprint density at radius 1 is 1.12 bits per heavy atom. The van der Waals surface area contributed by atoms with Gasteiger partial charge in [0.25, 0.3) is 0 Å². The Bertz CT molecular complexity index is 625. The van der Waals surface area contributed by atoms with Crippen molar-refractivity contribution in [3.8, 4) is 0 Å². The van der Waals surface area contributed by atoms with Crippen LogP contribution in [-0.4, -0.2) is 37.8 Å². The summed E-state index contributed by atoms with van der Waals surface area (Å²) in [5.41, 5.74) is 5.09. The minimum Gasteiger partial charge on any atom is -0.459 e. The van der Waals surface area contributed by atoms with Gasteiger partial charge >= 0.3 is 5.97 Å². The molecule has 0 bridgehead atoms. The number of benzene rings is 1. The van der Waals surface area contributed by atoms with Crippen molar-refractivity contribution in [2.45, 2.75) is 6.42 Å². The maximum atomic E-state index is 13.7. The molecule has 1 rings (SSSR count). The van der Waals surface area contributed by atoms with Gasteiger partial charge in [0.1, 0.15) is 17.9 Å². The van der Waals surface area contributed by atoms with Crippen molar-refractivity contribution in [1.29, 1.82) is 0 Å². The van der Waals surface area contributed by atoms with Crippen molar-refractivity contribution in [3.05, 3.63) is 39.3 Å². The van der Waals surface area contributed by atoms with E-state index in [1.807, 2.05) is 6.26 Å². The average Bonchev–Trinajstić information content (AvgIpc) is 2.56. The summed E-state index contributed by atoms with van der Waals surface area (Å²) in [5.74, 6) is -8.67. The number of carbonyl (C=O) groups is 1. The first-order chi connectivity index (χ1) is 11.5. The van der Waals surface area contributed by atoms with Crippen LogP contribution in [0.4, 0.5) is 23.2 Å². The van der Waals surface area contributed by atoms with Crippen LogP contribution < -0.4 is 0 Å². The lowest BCUT2D eigenvalue weighted by atomic mass is 10.1. The van der Waals surface area contributed by atoms with E-state index in [1.54, 1.807) is 11.8 Å². The van der Waals surface area contributed by atoms with Crippen LogP contribution in [-0.2, 0) is 9.47 Å². The molecule has 0 fully saturated rings.